The van der Waals surface area contributed by atoms with Gasteiger partial charge in [-0.15, -0.1) is 0 Å². The zero-order valence-electron chi connectivity index (χ0n) is 16.3. The summed E-state index contributed by atoms with van der Waals surface area (Å²) in [4.78, 5) is 13.7. The SMILES string of the molecule is Cc1ccc(C(NS(=O)O)(C(=O)NC(C)c2ccccc2)c2ccccc2)cc1. The highest BCUT2D eigenvalue weighted by atomic mass is 32.2. The van der Waals surface area contributed by atoms with Gasteiger partial charge in [0.2, 0.25) is 11.3 Å². The minimum atomic E-state index is -2.43. The molecule has 0 saturated carbocycles. The largest absolute Gasteiger partial charge is 0.347 e. The van der Waals surface area contributed by atoms with E-state index in [1.54, 1.807) is 36.4 Å². The number of carbonyl (C=O) groups excluding carboxylic acids is 1. The molecule has 0 fully saturated rings. The molecule has 3 unspecified atom stereocenters. The number of aryl methyl sites for hydroxylation is 1. The number of carbonyl (C=O) groups is 1. The summed E-state index contributed by atoms with van der Waals surface area (Å²) in [6.45, 7) is 3.83. The van der Waals surface area contributed by atoms with Crippen LogP contribution >= 0.6 is 0 Å². The van der Waals surface area contributed by atoms with Crippen molar-refractivity contribution in [3.63, 3.8) is 0 Å². The number of amides is 1. The van der Waals surface area contributed by atoms with E-state index < -0.39 is 22.7 Å². The molecule has 6 heteroatoms. The van der Waals surface area contributed by atoms with Crippen molar-refractivity contribution in [1.82, 2.24) is 10.0 Å². The average Bonchev–Trinajstić information content (AvgIpc) is 2.73. The molecule has 3 rings (SSSR count). The Bertz CT molecular complexity index is 978. The van der Waals surface area contributed by atoms with Crippen LogP contribution in [0.5, 0.6) is 0 Å². The molecule has 0 aliphatic carbocycles. The van der Waals surface area contributed by atoms with Crippen LogP contribution in [0.15, 0.2) is 84.9 Å². The molecule has 29 heavy (non-hydrogen) atoms. The summed E-state index contributed by atoms with van der Waals surface area (Å²) in [5, 5.41) is 3.01. The number of nitrogens with one attached hydrogen (secondary N) is 2. The molecule has 3 aromatic carbocycles. The predicted octanol–water partition coefficient (Wildman–Crippen LogP) is 3.84. The molecule has 0 heterocycles. The Hall–Kier alpha value is -2.80. The third kappa shape index (κ3) is 4.62. The van der Waals surface area contributed by atoms with Gasteiger partial charge in [-0.3, -0.25) is 9.35 Å². The Morgan fingerprint density at radius 1 is 0.897 bits per heavy atom. The van der Waals surface area contributed by atoms with Crippen molar-refractivity contribution in [2.45, 2.75) is 25.4 Å². The Kier molecular flexibility index (Phi) is 6.59. The second kappa shape index (κ2) is 9.13. The van der Waals surface area contributed by atoms with Crippen LogP contribution in [0.2, 0.25) is 0 Å². The van der Waals surface area contributed by atoms with Crippen LogP contribution in [-0.2, 0) is 21.6 Å². The maximum absolute atomic E-state index is 13.7. The normalized spacial score (nSPS) is 15.1. The molecule has 0 spiro atoms. The monoisotopic (exact) mass is 408 g/mol. The number of hydrogen-bond donors (Lipinski definition) is 3. The van der Waals surface area contributed by atoms with E-state index in [2.05, 4.69) is 10.0 Å². The van der Waals surface area contributed by atoms with E-state index in [1.165, 1.54) is 0 Å². The number of rotatable bonds is 7. The lowest BCUT2D eigenvalue weighted by Crippen LogP contribution is -2.56. The number of benzene rings is 3. The summed E-state index contributed by atoms with van der Waals surface area (Å²) >= 11 is -2.43. The van der Waals surface area contributed by atoms with E-state index in [0.717, 1.165) is 11.1 Å². The molecule has 0 aliphatic rings. The highest BCUT2D eigenvalue weighted by Crippen LogP contribution is 2.32. The maximum atomic E-state index is 13.7. The summed E-state index contributed by atoms with van der Waals surface area (Å²) in [7, 11) is 0. The van der Waals surface area contributed by atoms with Gasteiger partial charge < -0.3 is 5.32 Å². The first-order valence-electron chi connectivity index (χ1n) is 9.30. The first-order chi connectivity index (χ1) is 13.9. The van der Waals surface area contributed by atoms with E-state index in [-0.39, 0.29) is 6.04 Å². The van der Waals surface area contributed by atoms with Crippen molar-refractivity contribution in [2.75, 3.05) is 0 Å². The minimum absolute atomic E-state index is 0.286. The lowest BCUT2D eigenvalue weighted by atomic mass is 9.82. The van der Waals surface area contributed by atoms with Gasteiger partial charge in [0.25, 0.3) is 5.91 Å². The molecule has 1 amide bonds. The minimum Gasteiger partial charge on any atom is -0.347 e. The van der Waals surface area contributed by atoms with Gasteiger partial charge in [0.1, 0.15) is 0 Å². The predicted molar refractivity (Wildman–Crippen MR) is 115 cm³/mol. The Labute approximate surface area is 173 Å². The van der Waals surface area contributed by atoms with Crippen LogP contribution in [0.1, 0.15) is 35.2 Å². The van der Waals surface area contributed by atoms with Crippen LogP contribution in [0, 0.1) is 6.92 Å². The van der Waals surface area contributed by atoms with Crippen molar-refractivity contribution in [3.8, 4) is 0 Å². The topological polar surface area (TPSA) is 78.4 Å². The second-order valence-corrected chi connectivity index (χ2v) is 7.64. The van der Waals surface area contributed by atoms with E-state index >= 15 is 0 Å². The molecule has 3 atom stereocenters. The van der Waals surface area contributed by atoms with Crippen molar-refractivity contribution < 1.29 is 13.6 Å². The Balaban J connectivity index is 2.11. The fraction of sp³-hybridized carbons (Fsp3) is 0.174. The molecule has 5 nitrogen and oxygen atoms in total. The summed E-state index contributed by atoms with van der Waals surface area (Å²) in [6.07, 6.45) is 0. The van der Waals surface area contributed by atoms with Crippen molar-refractivity contribution in [1.29, 1.82) is 0 Å². The van der Waals surface area contributed by atoms with Gasteiger partial charge in [0.15, 0.2) is 5.54 Å². The quantitative estimate of drug-likeness (QED) is 0.520. The van der Waals surface area contributed by atoms with Gasteiger partial charge in [0, 0.05) is 0 Å². The molecule has 3 aromatic rings. The summed E-state index contributed by atoms with van der Waals surface area (Å²) in [6, 6.07) is 25.6. The van der Waals surface area contributed by atoms with Crippen LogP contribution < -0.4 is 10.0 Å². The number of hydrogen-bond acceptors (Lipinski definition) is 2. The molecular weight excluding hydrogens is 384 g/mol. The smallest absolute Gasteiger partial charge is 0.251 e. The maximum Gasteiger partial charge on any atom is 0.251 e. The molecule has 0 saturated heterocycles. The van der Waals surface area contributed by atoms with Crippen LogP contribution in [0.3, 0.4) is 0 Å². The Morgan fingerprint density at radius 3 is 1.97 bits per heavy atom. The molecule has 0 aliphatic heterocycles. The second-order valence-electron chi connectivity index (χ2n) is 6.94. The highest BCUT2D eigenvalue weighted by molar-refractivity contribution is 7.77. The zero-order chi connectivity index (χ0) is 20.9. The Morgan fingerprint density at radius 2 is 1.41 bits per heavy atom. The van der Waals surface area contributed by atoms with Crippen molar-refractivity contribution in [2.24, 2.45) is 0 Å². The van der Waals surface area contributed by atoms with Gasteiger partial charge in [0.05, 0.1) is 6.04 Å². The lowest BCUT2D eigenvalue weighted by Gasteiger charge is -2.34. The fourth-order valence-electron chi connectivity index (χ4n) is 3.35. The van der Waals surface area contributed by atoms with Crippen LogP contribution in [0.4, 0.5) is 0 Å². The first kappa shape index (κ1) is 20.9. The van der Waals surface area contributed by atoms with Crippen LogP contribution in [0.25, 0.3) is 0 Å². The third-order valence-corrected chi connectivity index (χ3v) is 5.40. The fourth-order valence-corrected chi connectivity index (χ4v) is 3.94. The van der Waals surface area contributed by atoms with E-state index in [1.807, 2.05) is 62.4 Å². The third-order valence-electron chi connectivity index (χ3n) is 4.92. The molecular formula is C23H24N2O3S. The van der Waals surface area contributed by atoms with Gasteiger partial charge in [-0.05, 0) is 30.5 Å². The van der Waals surface area contributed by atoms with Crippen LogP contribution in [-0.4, -0.2) is 14.7 Å². The first-order valence-corrected chi connectivity index (χ1v) is 10.4. The van der Waals surface area contributed by atoms with Gasteiger partial charge in [-0.25, -0.2) is 4.21 Å². The molecule has 0 radical (unpaired) electrons. The molecule has 3 N–H and O–H groups in total. The summed E-state index contributed by atoms with van der Waals surface area (Å²) < 4.78 is 24.3. The van der Waals surface area contributed by atoms with E-state index in [4.69, 9.17) is 0 Å². The van der Waals surface area contributed by atoms with Gasteiger partial charge in [-0.2, -0.15) is 4.72 Å². The standard InChI is InChI=1S/C23H24N2O3S/c1-17-13-15-21(16-14-17)23(25-29(27)28,20-11-7-4-8-12-20)22(26)24-18(2)19-9-5-3-6-10-19/h3-16,18,25H,1-2H3,(H,24,26)(H,27,28). The summed E-state index contributed by atoms with van der Waals surface area (Å²) in [5.74, 6) is -0.411. The summed E-state index contributed by atoms with van der Waals surface area (Å²) in [5.41, 5.74) is 1.59. The van der Waals surface area contributed by atoms with Crippen molar-refractivity contribution in [3.05, 3.63) is 107 Å². The van der Waals surface area contributed by atoms with Gasteiger partial charge >= 0.3 is 0 Å². The molecule has 0 bridgehead atoms. The molecule has 150 valence electrons. The zero-order valence-corrected chi connectivity index (χ0v) is 17.1. The molecule has 0 aromatic heterocycles. The van der Waals surface area contributed by atoms with E-state index in [0.29, 0.717) is 11.1 Å². The highest BCUT2D eigenvalue weighted by Gasteiger charge is 2.44. The average molecular weight is 409 g/mol. The van der Waals surface area contributed by atoms with E-state index in [9.17, 15) is 13.6 Å². The van der Waals surface area contributed by atoms with Crippen molar-refractivity contribution >= 4 is 17.2 Å². The lowest BCUT2D eigenvalue weighted by molar-refractivity contribution is -0.126. The van der Waals surface area contributed by atoms with Gasteiger partial charge in [-0.1, -0.05) is 90.5 Å².